The number of ether oxygens (including phenoxy) is 1. The van der Waals surface area contributed by atoms with Crippen LogP contribution in [0.5, 0.6) is 0 Å². The van der Waals surface area contributed by atoms with Crippen LogP contribution in [0.3, 0.4) is 0 Å². The highest BCUT2D eigenvalue weighted by atomic mass is 79.9. The molecule has 152 valence electrons. The molecule has 1 N–H and O–H groups in total. The van der Waals surface area contributed by atoms with Crippen LogP contribution in [0.15, 0.2) is 22.7 Å². The van der Waals surface area contributed by atoms with E-state index in [1.807, 2.05) is 18.2 Å². The van der Waals surface area contributed by atoms with Crippen molar-refractivity contribution in [2.45, 2.75) is 43.4 Å². The number of nitrogens with one attached hydrogen (secondary N) is 1. The Kier molecular flexibility index (Phi) is 3.81. The molecule has 8 heteroatoms. The Morgan fingerprint density at radius 1 is 1.17 bits per heavy atom. The monoisotopic (exact) mass is 459 g/mol. The number of amides is 3. The van der Waals surface area contributed by atoms with Crippen LogP contribution in [-0.4, -0.2) is 59.4 Å². The second kappa shape index (κ2) is 6.12. The zero-order chi connectivity index (χ0) is 19.9. The minimum Gasteiger partial charge on any atom is -0.376 e. The van der Waals surface area contributed by atoms with Crippen LogP contribution in [-0.2, 0) is 24.7 Å². The number of fused-ring (bicyclic) bond motifs is 7. The van der Waals surface area contributed by atoms with E-state index >= 15 is 0 Å². The standard InChI is InChI=1S/C21H22BrN3O4/c22-11-5-6-14-13(9-11)21(20(28)23-14)17-16(15-4-1-7-25(15)21)18(26)24(19(17)27)10-12-3-2-8-29-12/h5-6,9,12,15-17H,1-4,7-8,10H2,(H,23,28)/t12-,15+,16-,17+,21+/m1/s1. The van der Waals surface area contributed by atoms with Gasteiger partial charge < -0.3 is 10.1 Å². The quantitative estimate of drug-likeness (QED) is 0.682. The van der Waals surface area contributed by atoms with Crippen LogP contribution in [0.1, 0.15) is 31.2 Å². The van der Waals surface area contributed by atoms with Gasteiger partial charge in [0.1, 0.15) is 5.54 Å². The molecule has 3 amide bonds. The van der Waals surface area contributed by atoms with E-state index in [1.165, 1.54) is 4.90 Å². The largest absolute Gasteiger partial charge is 0.376 e. The smallest absolute Gasteiger partial charge is 0.250 e. The average molecular weight is 460 g/mol. The van der Waals surface area contributed by atoms with Crippen LogP contribution < -0.4 is 5.32 Å². The predicted molar refractivity (Wildman–Crippen MR) is 107 cm³/mol. The van der Waals surface area contributed by atoms with E-state index in [9.17, 15) is 14.4 Å². The maximum atomic E-state index is 13.6. The minimum absolute atomic E-state index is 0.0679. The molecule has 0 aromatic heterocycles. The molecule has 5 atom stereocenters. The predicted octanol–water partition coefficient (Wildman–Crippen LogP) is 1.85. The Morgan fingerprint density at radius 3 is 2.83 bits per heavy atom. The van der Waals surface area contributed by atoms with Gasteiger partial charge in [-0.05, 0) is 50.4 Å². The number of halogens is 1. The summed E-state index contributed by atoms with van der Waals surface area (Å²) in [5.41, 5.74) is 0.460. The molecule has 0 radical (unpaired) electrons. The second-order valence-corrected chi connectivity index (χ2v) is 9.65. The summed E-state index contributed by atoms with van der Waals surface area (Å²) in [5, 5.41) is 3.00. The average Bonchev–Trinajstić information content (AvgIpc) is 3.47. The van der Waals surface area contributed by atoms with E-state index in [2.05, 4.69) is 26.1 Å². The summed E-state index contributed by atoms with van der Waals surface area (Å²) in [4.78, 5) is 44.1. The number of rotatable bonds is 2. The minimum atomic E-state index is -1.09. The van der Waals surface area contributed by atoms with E-state index in [1.54, 1.807) is 0 Å². The molecule has 0 aliphatic carbocycles. The Bertz CT molecular complexity index is 946. The number of hydrogen-bond donors (Lipinski definition) is 1. The fraction of sp³-hybridized carbons (Fsp3) is 0.571. The van der Waals surface area contributed by atoms with Crippen molar-refractivity contribution < 1.29 is 19.1 Å². The fourth-order valence-electron chi connectivity index (χ4n) is 6.41. The maximum Gasteiger partial charge on any atom is 0.250 e. The number of carbonyl (C=O) groups is 3. The van der Waals surface area contributed by atoms with E-state index in [0.717, 1.165) is 48.0 Å². The zero-order valence-electron chi connectivity index (χ0n) is 15.9. The molecule has 0 unspecified atom stereocenters. The normalized spacial score (nSPS) is 38.1. The summed E-state index contributed by atoms with van der Waals surface area (Å²) in [5.74, 6) is -1.64. The highest BCUT2D eigenvalue weighted by molar-refractivity contribution is 9.10. The van der Waals surface area contributed by atoms with E-state index in [-0.39, 0.29) is 29.9 Å². The lowest BCUT2D eigenvalue weighted by Crippen LogP contribution is -2.54. The number of imide groups is 1. The molecule has 29 heavy (non-hydrogen) atoms. The summed E-state index contributed by atoms with van der Waals surface area (Å²) in [7, 11) is 0. The van der Waals surface area contributed by atoms with Crippen LogP contribution in [0.2, 0.25) is 0 Å². The molecule has 0 saturated carbocycles. The van der Waals surface area contributed by atoms with Crippen molar-refractivity contribution in [3.63, 3.8) is 0 Å². The maximum absolute atomic E-state index is 13.6. The molecule has 5 aliphatic heterocycles. The Labute approximate surface area is 176 Å². The van der Waals surface area contributed by atoms with Crippen LogP contribution >= 0.6 is 15.9 Å². The van der Waals surface area contributed by atoms with E-state index in [4.69, 9.17) is 4.74 Å². The van der Waals surface area contributed by atoms with Crippen molar-refractivity contribution in [3.05, 3.63) is 28.2 Å². The van der Waals surface area contributed by atoms with Gasteiger partial charge in [0.15, 0.2) is 0 Å². The first-order valence-electron chi connectivity index (χ1n) is 10.4. The van der Waals surface area contributed by atoms with Crippen LogP contribution in [0.25, 0.3) is 0 Å². The van der Waals surface area contributed by atoms with E-state index < -0.39 is 17.4 Å². The lowest BCUT2D eigenvalue weighted by Gasteiger charge is -2.37. The van der Waals surface area contributed by atoms with Gasteiger partial charge in [-0.2, -0.15) is 0 Å². The Morgan fingerprint density at radius 2 is 2.03 bits per heavy atom. The number of nitrogens with zero attached hydrogens (tertiary/aromatic N) is 2. The summed E-state index contributed by atoms with van der Waals surface area (Å²) in [6.07, 6.45) is 3.50. The van der Waals surface area contributed by atoms with Gasteiger partial charge in [0, 0.05) is 28.4 Å². The van der Waals surface area contributed by atoms with Gasteiger partial charge in [-0.15, -0.1) is 0 Å². The van der Waals surface area contributed by atoms with Crippen molar-refractivity contribution in [3.8, 4) is 0 Å². The van der Waals surface area contributed by atoms with Gasteiger partial charge in [0.2, 0.25) is 17.7 Å². The molecule has 5 aliphatic rings. The molecule has 1 aromatic carbocycles. The van der Waals surface area contributed by atoms with Crippen molar-refractivity contribution in [2.75, 3.05) is 25.0 Å². The first kappa shape index (κ1) is 18.0. The lowest BCUT2D eigenvalue weighted by molar-refractivity contribution is -0.147. The van der Waals surface area contributed by atoms with E-state index in [0.29, 0.717) is 13.2 Å². The molecular weight excluding hydrogens is 438 g/mol. The van der Waals surface area contributed by atoms with Crippen molar-refractivity contribution in [1.29, 1.82) is 0 Å². The number of anilines is 1. The number of carbonyl (C=O) groups excluding carboxylic acids is 3. The first-order chi connectivity index (χ1) is 14.0. The number of likely N-dealkylation sites (tertiary alicyclic amines) is 1. The summed E-state index contributed by atoms with van der Waals surface area (Å²) in [6, 6.07) is 5.63. The number of benzene rings is 1. The number of hydrogen-bond acceptors (Lipinski definition) is 5. The summed E-state index contributed by atoms with van der Waals surface area (Å²) in [6.45, 7) is 1.71. The third kappa shape index (κ3) is 2.17. The van der Waals surface area contributed by atoms with Gasteiger partial charge in [-0.25, -0.2) is 0 Å². The molecule has 4 saturated heterocycles. The van der Waals surface area contributed by atoms with Crippen molar-refractivity contribution in [2.24, 2.45) is 11.8 Å². The summed E-state index contributed by atoms with van der Waals surface area (Å²) < 4.78 is 6.55. The molecule has 4 fully saturated rings. The SMILES string of the molecule is O=C1[C@H]2[C@@H](C(=O)N1C[C@H]1CCCO1)[C@@]1(C(=O)Nc3ccc(Br)cc31)N1CCC[C@@H]21. The molecule has 0 bridgehead atoms. The molecule has 7 nitrogen and oxygen atoms in total. The van der Waals surface area contributed by atoms with Gasteiger partial charge in [-0.1, -0.05) is 15.9 Å². The highest BCUT2D eigenvalue weighted by Crippen LogP contribution is 2.60. The van der Waals surface area contributed by atoms with Crippen LogP contribution in [0, 0.1) is 11.8 Å². The third-order valence-electron chi connectivity index (χ3n) is 7.46. The molecule has 5 heterocycles. The molecule has 1 spiro atoms. The lowest BCUT2D eigenvalue weighted by atomic mass is 9.75. The summed E-state index contributed by atoms with van der Waals surface area (Å²) >= 11 is 3.52. The topological polar surface area (TPSA) is 78.9 Å². The third-order valence-corrected chi connectivity index (χ3v) is 7.95. The van der Waals surface area contributed by atoms with Gasteiger partial charge in [0.05, 0.1) is 24.5 Å². The van der Waals surface area contributed by atoms with Crippen molar-refractivity contribution in [1.82, 2.24) is 9.80 Å². The Balaban J connectivity index is 1.48. The zero-order valence-corrected chi connectivity index (χ0v) is 17.5. The first-order valence-corrected chi connectivity index (χ1v) is 11.2. The fourth-order valence-corrected chi connectivity index (χ4v) is 6.77. The van der Waals surface area contributed by atoms with Gasteiger partial charge >= 0.3 is 0 Å². The van der Waals surface area contributed by atoms with Crippen molar-refractivity contribution >= 4 is 39.3 Å². The highest BCUT2D eigenvalue weighted by Gasteiger charge is 2.74. The van der Waals surface area contributed by atoms with Crippen LogP contribution in [0.4, 0.5) is 5.69 Å². The molecule has 1 aromatic rings. The van der Waals surface area contributed by atoms with Gasteiger partial charge in [0.25, 0.3) is 0 Å². The molecular formula is C21H22BrN3O4. The Hall–Kier alpha value is -1.77. The second-order valence-electron chi connectivity index (χ2n) is 8.74. The molecule has 6 rings (SSSR count). The van der Waals surface area contributed by atoms with Gasteiger partial charge in [-0.3, -0.25) is 24.2 Å².